The quantitative estimate of drug-likeness (QED) is 0.889. The van der Waals surface area contributed by atoms with Gasteiger partial charge in [-0.25, -0.2) is 9.97 Å². The zero-order valence-electron chi connectivity index (χ0n) is 13.1. The molecule has 0 aliphatic heterocycles. The van der Waals surface area contributed by atoms with Crippen LogP contribution in [0.1, 0.15) is 52.0 Å². The van der Waals surface area contributed by atoms with Gasteiger partial charge in [0.15, 0.2) is 0 Å². The molecule has 1 fully saturated rings. The molecule has 0 aromatic carbocycles. The number of nitrogens with zero attached hydrogens (tertiary/aromatic N) is 2. The number of aromatic nitrogens is 2. The molecule has 0 bridgehead atoms. The average molecular weight is 277 g/mol. The highest BCUT2D eigenvalue weighted by molar-refractivity contribution is 5.48. The van der Waals surface area contributed by atoms with Gasteiger partial charge in [-0.15, -0.1) is 0 Å². The summed E-state index contributed by atoms with van der Waals surface area (Å²) in [7, 11) is 0. The van der Waals surface area contributed by atoms with Crippen molar-refractivity contribution in [2.24, 2.45) is 11.8 Å². The zero-order valence-corrected chi connectivity index (χ0v) is 13.1. The van der Waals surface area contributed by atoms with Crippen LogP contribution < -0.4 is 10.1 Å². The second-order valence-corrected chi connectivity index (χ2v) is 6.03. The number of hydrogen-bond acceptors (Lipinski definition) is 4. The molecule has 1 aliphatic carbocycles. The van der Waals surface area contributed by atoms with Gasteiger partial charge in [0.1, 0.15) is 12.1 Å². The van der Waals surface area contributed by atoms with Gasteiger partial charge in [-0.2, -0.15) is 0 Å². The first kappa shape index (κ1) is 15.1. The van der Waals surface area contributed by atoms with E-state index in [1.165, 1.54) is 25.7 Å². The predicted molar refractivity (Wildman–Crippen MR) is 82.1 cm³/mol. The molecule has 2 unspecified atom stereocenters. The lowest BCUT2D eigenvalue weighted by atomic mass is 9.78. The summed E-state index contributed by atoms with van der Waals surface area (Å²) in [5.41, 5.74) is 1.02. The smallest absolute Gasteiger partial charge is 0.221 e. The van der Waals surface area contributed by atoms with Crippen LogP contribution in [0.5, 0.6) is 5.88 Å². The maximum atomic E-state index is 5.55. The Hall–Kier alpha value is -1.32. The fourth-order valence-corrected chi connectivity index (χ4v) is 3.17. The lowest BCUT2D eigenvalue weighted by molar-refractivity contribution is 0.253. The largest absolute Gasteiger partial charge is 0.478 e. The van der Waals surface area contributed by atoms with E-state index in [1.807, 2.05) is 13.8 Å². The normalized spacial score (nSPS) is 22.9. The van der Waals surface area contributed by atoms with E-state index >= 15 is 0 Å². The Kier molecular flexibility index (Phi) is 5.21. The molecule has 0 radical (unpaired) electrons. The van der Waals surface area contributed by atoms with Gasteiger partial charge in [-0.05, 0) is 38.5 Å². The Bertz CT molecular complexity index is 434. The number of hydrogen-bond donors (Lipinski definition) is 1. The minimum Gasteiger partial charge on any atom is -0.478 e. The third-order valence-corrected chi connectivity index (χ3v) is 4.32. The summed E-state index contributed by atoms with van der Waals surface area (Å²) in [6.07, 6.45) is 6.80. The van der Waals surface area contributed by atoms with Crippen molar-refractivity contribution in [3.05, 3.63) is 11.9 Å². The van der Waals surface area contributed by atoms with Gasteiger partial charge in [0, 0.05) is 6.04 Å². The van der Waals surface area contributed by atoms with Crippen LogP contribution >= 0.6 is 0 Å². The van der Waals surface area contributed by atoms with E-state index in [0.717, 1.165) is 17.3 Å². The van der Waals surface area contributed by atoms with Crippen molar-refractivity contribution in [1.29, 1.82) is 0 Å². The van der Waals surface area contributed by atoms with Crippen LogP contribution in [0.2, 0.25) is 0 Å². The molecule has 20 heavy (non-hydrogen) atoms. The fourth-order valence-electron chi connectivity index (χ4n) is 3.17. The second-order valence-electron chi connectivity index (χ2n) is 6.03. The van der Waals surface area contributed by atoms with Crippen LogP contribution in [0.3, 0.4) is 0 Å². The molecule has 0 amide bonds. The van der Waals surface area contributed by atoms with Crippen LogP contribution in [0, 0.1) is 18.8 Å². The van der Waals surface area contributed by atoms with Crippen LogP contribution in [0.4, 0.5) is 5.82 Å². The number of anilines is 1. The van der Waals surface area contributed by atoms with E-state index in [-0.39, 0.29) is 0 Å². The van der Waals surface area contributed by atoms with E-state index in [9.17, 15) is 0 Å². The van der Waals surface area contributed by atoms with Crippen LogP contribution in [-0.4, -0.2) is 22.6 Å². The summed E-state index contributed by atoms with van der Waals surface area (Å²) in [5.74, 6) is 3.07. The van der Waals surface area contributed by atoms with Crippen molar-refractivity contribution in [3.8, 4) is 5.88 Å². The molecular formula is C16H27N3O. The third-order valence-electron chi connectivity index (χ3n) is 4.32. The van der Waals surface area contributed by atoms with Crippen molar-refractivity contribution in [2.45, 2.75) is 59.4 Å². The molecule has 1 aliphatic rings. The maximum Gasteiger partial charge on any atom is 0.221 e. The summed E-state index contributed by atoms with van der Waals surface area (Å²) in [4.78, 5) is 8.61. The topological polar surface area (TPSA) is 47.0 Å². The van der Waals surface area contributed by atoms with Gasteiger partial charge >= 0.3 is 0 Å². The highest BCUT2D eigenvalue weighted by atomic mass is 16.5. The Balaban J connectivity index is 2.13. The average Bonchev–Trinajstić information content (AvgIpc) is 2.44. The molecule has 112 valence electrons. The third kappa shape index (κ3) is 3.41. The molecular weight excluding hydrogens is 250 g/mol. The molecule has 4 heteroatoms. The van der Waals surface area contributed by atoms with Crippen LogP contribution in [0.15, 0.2) is 6.33 Å². The van der Waals surface area contributed by atoms with Gasteiger partial charge in [0.05, 0.1) is 12.2 Å². The molecule has 0 spiro atoms. The number of ether oxygens (including phenoxy) is 1. The summed E-state index contributed by atoms with van der Waals surface area (Å²) < 4.78 is 5.55. The lowest BCUT2D eigenvalue weighted by Crippen LogP contribution is -2.35. The molecule has 4 nitrogen and oxygen atoms in total. The number of nitrogens with one attached hydrogen (secondary N) is 1. The zero-order chi connectivity index (χ0) is 14.5. The summed E-state index contributed by atoms with van der Waals surface area (Å²) in [6.45, 7) is 9.28. The monoisotopic (exact) mass is 277 g/mol. The minimum absolute atomic E-state index is 0.520. The van der Waals surface area contributed by atoms with E-state index in [1.54, 1.807) is 6.33 Å². The van der Waals surface area contributed by atoms with E-state index in [0.29, 0.717) is 24.4 Å². The minimum atomic E-state index is 0.520. The highest BCUT2D eigenvalue weighted by Crippen LogP contribution is 2.33. The summed E-state index contributed by atoms with van der Waals surface area (Å²) >= 11 is 0. The molecule has 2 atom stereocenters. The van der Waals surface area contributed by atoms with Crippen LogP contribution in [0.25, 0.3) is 0 Å². The van der Waals surface area contributed by atoms with Gasteiger partial charge in [-0.1, -0.05) is 26.7 Å². The van der Waals surface area contributed by atoms with Crippen molar-refractivity contribution in [1.82, 2.24) is 9.97 Å². The van der Waals surface area contributed by atoms with Crippen LogP contribution in [-0.2, 0) is 0 Å². The molecule has 1 saturated carbocycles. The van der Waals surface area contributed by atoms with Gasteiger partial charge in [0.25, 0.3) is 0 Å². The Morgan fingerprint density at radius 3 is 2.75 bits per heavy atom. The maximum absolute atomic E-state index is 5.55. The van der Waals surface area contributed by atoms with E-state index in [2.05, 4.69) is 29.1 Å². The molecule has 1 aromatic rings. The van der Waals surface area contributed by atoms with Gasteiger partial charge in [0.2, 0.25) is 5.88 Å². The first-order valence-corrected chi connectivity index (χ1v) is 7.84. The van der Waals surface area contributed by atoms with Crippen molar-refractivity contribution < 1.29 is 4.74 Å². The van der Waals surface area contributed by atoms with Crippen molar-refractivity contribution in [3.63, 3.8) is 0 Å². The van der Waals surface area contributed by atoms with E-state index < -0.39 is 0 Å². The first-order chi connectivity index (χ1) is 9.63. The SMILES string of the molecule is CCOc1ncnc(NC2CCCCC2C(C)C)c1C. The molecule has 0 saturated heterocycles. The van der Waals surface area contributed by atoms with Crippen molar-refractivity contribution in [2.75, 3.05) is 11.9 Å². The number of rotatable bonds is 5. The second kappa shape index (κ2) is 6.91. The van der Waals surface area contributed by atoms with Crippen molar-refractivity contribution >= 4 is 5.82 Å². The summed E-state index contributed by atoms with van der Waals surface area (Å²) in [5, 5.41) is 3.65. The predicted octanol–water partition coefficient (Wildman–Crippen LogP) is 3.81. The lowest BCUT2D eigenvalue weighted by Gasteiger charge is -2.35. The molecule has 1 N–H and O–H groups in total. The molecule has 2 rings (SSSR count). The Morgan fingerprint density at radius 2 is 2.05 bits per heavy atom. The standard InChI is InChI=1S/C16H27N3O/c1-5-20-16-12(4)15(17-10-18-16)19-14-9-7-6-8-13(14)11(2)3/h10-11,13-14H,5-9H2,1-4H3,(H,17,18,19). The van der Waals surface area contributed by atoms with E-state index in [4.69, 9.17) is 4.74 Å². The molecule has 1 aromatic heterocycles. The molecule has 1 heterocycles. The Morgan fingerprint density at radius 1 is 1.30 bits per heavy atom. The summed E-state index contributed by atoms with van der Waals surface area (Å²) in [6, 6.07) is 0.520. The van der Waals surface area contributed by atoms with Gasteiger partial charge in [-0.3, -0.25) is 0 Å². The Labute approximate surface area is 122 Å². The fraction of sp³-hybridized carbons (Fsp3) is 0.750. The first-order valence-electron chi connectivity index (χ1n) is 7.84. The van der Waals surface area contributed by atoms with Gasteiger partial charge < -0.3 is 10.1 Å². The highest BCUT2D eigenvalue weighted by Gasteiger charge is 2.28.